The Labute approximate surface area is 65.0 Å². The Morgan fingerprint density at radius 2 is 2.27 bits per heavy atom. The maximum Gasteiger partial charge on any atom is 0.139 e. The summed E-state index contributed by atoms with van der Waals surface area (Å²) in [7, 11) is 0. The first kappa shape index (κ1) is 8.23. The lowest BCUT2D eigenvalue weighted by Gasteiger charge is -2.05. The third kappa shape index (κ3) is 1.41. The number of nitrogens with two attached hydrogens (primary N) is 1. The lowest BCUT2D eigenvalue weighted by molar-refractivity contribution is 0.184. The number of hydrogen-bond acceptors (Lipinski definition) is 4. The average Bonchev–Trinajstić information content (AvgIpc) is 2.30. The predicted molar refractivity (Wildman–Crippen MR) is 40.0 cm³/mol. The second-order valence-electron chi connectivity index (χ2n) is 2.49. The van der Waals surface area contributed by atoms with Crippen LogP contribution >= 0.6 is 0 Å². The summed E-state index contributed by atoms with van der Waals surface area (Å²) in [4.78, 5) is 0. The summed E-state index contributed by atoms with van der Waals surface area (Å²) in [6.45, 7) is 3.74. The van der Waals surface area contributed by atoms with Crippen LogP contribution in [-0.2, 0) is 0 Å². The average molecular weight is 156 g/mol. The molecule has 0 aromatic carbocycles. The van der Waals surface area contributed by atoms with Crippen molar-refractivity contribution in [3.05, 3.63) is 17.0 Å². The monoisotopic (exact) mass is 156 g/mol. The highest BCUT2D eigenvalue weighted by molar-refractivity contribution is 5.23. The van der Waals surface area contributed by atoms with Crippen LogP contribution in [0.1, 0.15) is 23.1 Å². The molecule has 0 aliphatic heterocycles. The van der Waals surface area contributed by atoms with Crippen LogP contribution in [0.25, 0.3) is 0 Å². The summed E-state index contributed by atoms with van der Waals surface area (Å²) < 4.78 is 4.85. The number of aromatic nitrogens is 1. The molecule has 0 radical (unpaired) electrons. The Morgan fingerprint density at radius 3 is 2.64 bits per heavy atom. The fourth-order valence-corrected chi connectivity index (χ4v) is 1.08. The molecule has 0 unspecified atom stereocenters. The highest BCUT2D eigenvalue weighted by Crippen LogP contribution is 2.19. The molecule has 0 aliphatic rings. The van der Waals surface area contributed by atoms with Gasteiger partial charge < -0.3 is 15.4 Å². The topological polar surface area (TPSA) is 72.3 Å². The van der Waals surface area contributed by atoms with Crippen molar-refractivity contribution in [1.29, 1.82) is 0 Å². The molecule has 0 bridgehead atoms. The summed E-state index contributed by atoms with van der Waals surface area (Å²) in [6.07, 6.45) is -0.652. The Kier molecular flexibility index (Phi) is 2.26. The van der Waals surface area contributed by atoms with Crippen LogP contribution in [0.2, 0.25) is 0 Å². The van der Waals surface area contributed by atoms with Crippen molar-refractivity contribution in [1.82, 2.24) is 5.16 Å². The van der Waals surface area contributed by atoms with Crippen LogP contribution in [0.3, 0.4) is 0 Å². The molecule has 1 heterocycles. The summed E-state index contributed by atoms with van der Waals surface area (Å²) in [5.41, 5.74) is 6.71. The van der Waals surface area contributed by atoms with Crippen molar-refractivity contribution in [2.75, 3.05) is 6.54 Å². The van der Waals surface area contributed by atoms with Gasteiger partial charge in [-0.2, -0.15) is 0 Å². The number of rotatable bonds is 2. The number of hydrogen-bond donors (Lipinski definition) is 2. The second-order valence-corrected chi connectivity index (χ2v) is 2.49. The molecule has 3 N–H and O–H groups in total. The van der Waals surface area contributed by atoms with Crippen molar-refractivity contribution in [2.45, 2.75) is 20.0 Å². The molecule has 0 fully saturated rings. The zero-order chi connectivity index (χ0) is 8.43. The highest BCUT2D eigenvalue weighted by Gasteiger charge is 2.15. The van der Waals surface area contributed by atoms with E-state index in [2.05, 4.69) is 5.16 Å². The van der Waals surface area contributed by atoms with E-state index in [0.717, 1.165) is 0 Å². The zero-order valence-corrected chi connectivity index (χ0v) is 6.66. The van der Waals surface area contributed by atoms with Crippen molar-refractivity contribution < 1.29 is 9.63 Å². The maximum atomic E-state index is 9.35. The molecular weight excluding hydrogens is 144 g/mol. The maximum absolute atomic E-state index is 9.35. The third-order valence-corrected chi connectivity index (χ3v) is 1.65. The van der Waals surface area contributed by atoms with Gasteiger partial charge in [0.1, 0.15) is 5.76 Å². The minimum absolute atomic E-state index is 0.197. The summed E-state index contributed by atoms with van der Waals surface area (Å²) in [5.74, 6) is 0.639. The van der Waals surface area contributed by atoms with Gasteiger partial charge in [-0.15, -0.1) is 0 Å². The van der Waals surface area contributed by atoms with Crippen LogP contribution in [0.15, 0.2) is 4.52 Å². The molecule has 1 atom stereocenters. The molecule has 4 nitrogen and oxygen atoms in total. The van der Waals surface area contributed by atoms with Crippen molar-refractivity contribution in [3.63, 3.8) is 0 Å². The third-order valence-electron chi connectivity index (χ3n) is 1.65. The van der Waals surface area contributed by atoms with Crippen LogP contribution in [0.5, 0.6) is 0 Å². The van der Waals surface area contributed by atoms with Crippen molar-refractivity contribution in [2.24, 2.45) is 5.73 Å². The van der Waals surface area contributed by atoms with Gasteiger partial charge in [0.25, 0.3) is 0 Å². The summed E-state index contributed by atoms with van der Waals surface area (Å²) in [5, 5.41) is 13.0. The van der Waals surface area contributed by atoms with Gasteiger partial charge in [0.05, 0.1) is 11.8 Å². The van der Waals surface area contributed by atoms with Crippen LogP contribution in [-0.4, -0.2) is 16.8 Å². The molecule has 1 rings (SSSR count). The van der Waals surface area contributed by atoms with Crippen molar-refractivity contribution >= 4 is 0 Å². The van der Waals surface area contributed by atoms with E-state index >= 15 is 0 Å². The van der Waals surface area contributed by atoms with E-state index in [9.17, 15) is 5.11 Å². The van der Waals surface area contributed by atoms with Crippen LogP contribution in [0, 0.1) is 13.8 Å². The predicted octanol–water partition coefficient (Wildman–Crippen LogP) is 0.284. The fourth-order valence-electron chi connectivity index (χ4n) is 1.08. The van der Waals surface area contributed by atoms with E-state index < -0.39 is 6.10 Å². The van der Waals surface area contributed by atoms with Crippen LogP contribution in [0.4, 0.5) is 0 Å². The van der Waals surface area contributed by atoms with Gasteiger partial charge in [0, 0.05) is 12.1 Å². The minimum Gasteiger partial charge on any atom is -0.387 e. The van der Waals surface area contributed by atoms with E-state index in [0.29, 0.717) is 17.0 Å². The lowest BCUT2D eigenvalue weighted by Crippen LogP contribution is -2.12. The van der Waals surface area contributed by atoms with Gasteiger partial charge >= 0.3 is 0 Å². The Bertz CT molecular complexity index is 225. The first-order chi connectivity index (χ1) is 5.16. The largest absolute Gasteiger partial charge is 0.387 e. The fraction of sp³-hybridized carbons (Fsp3) is 0.571. The standard InChI is InChI=1S/C7H12N2O2/c1-4-7(6(10)3-8)5(2)11-9-4/h6,10H,3,8H2,1-2H3/t6-/m1/s1. The van der Waals surface area contributed by atoms with Crippen LogP contribution < -0.4 is 5.73 Å². The van der Waals surface area contributed by atoms with Gasteiger partial charge in [0.15, 0.2) is 0 Å². The van der Waals surface area contributed by atoms with E-state index in [1.807, 2.05) is 0 Å². The first-order valence-electron chi connectivity index (χ1n) is 3.47. The zero-order valence-electron chi connectivity index (χ0n) is 6.66. The van der Waals surface area contributed by atoms with Gasteiger partial charge in [-0.3, -0.25) is 0 Å². The molecule has 0 saturated carbocycles. The van der Waals surface area contributed by atoms with E-state index in [1.165, 1.54) is 0 Å². The molecule has 0 amide bonds. The molecule has 4 heteroatoms. The molecule has 62 valence electrons. The second kappa shape index (κ2) is 3.02. The molecule has 0 spiro atoms. The molecule has 1 aromatic rings. The number of aliphatic hydroxyl groups excluding tert-OH is 1. The molecule has 1 aromatic heterocycles. The normalized spacial score (nSPS) is 13.5. The van der Waals surface area contributed by atoms with Gasteiger partial charge in [-0.05, 0) is 13.8 Å². The number of aliphatic hydroxyl groups is 1. The van der Waals surface area contributed by atoms with Crippen molar-refractivity contribution in [3.8, 4) is 0 Å². The molecule has 11 heavy (non-hydrogen) atoms. The first-order valence-corrected chi connectivity index (χ1v) is 3.47. The van der Waals surface area contributed by atoms with Gasteiger partial charge in [-0.25, -0.2) is 0 Å². The van der Waals surface area contributed by atoms with Gasteiger partial charge in [-0.1, -0.05) is 5.16 Å². The SMILES string of the molecule is Cc1noc(C)c1[C@H](O)CN. The van der Waals surface area contributed by atoms with E-state index in [1.54, 1.807) is 13.8 Å². The lowest BCUT2D eigenvalue weighted by atomic mass is 10.1. The highest BCUT2D eigenvalue weighted by atomic mass is 16.5. The van der Waals surface area contributed by atoms with E-state index in [4.69, 9.17) is 10.3 Å². The number of nitrogens with zero attached hydrogens (tertiary/aromatic N) is 1. The summed E-state index contributed by atoms with van der Waals surface area (Å²) in [6, 6.07) is 0. The Hall–Kier alpha value is -0.870. The Morgan fingerprint density at radius 1 is 1.64 bits per heavy atom. The molecular formula is C7H12N2O2. The number of aryl methyl sites for hydroxylation is 2. The summed E-state index contributed by atoms with van der Waals surface area (Å²) >= 11 is 0. The van der Waals surface area contributed by atoms with E-state index in [-0.39, 0.29) is 6.54 Å². The molecule has 0 saturated heterocycles. The smallest absolute Gasteiger partial charge is 0.139 e. The Balaban J connectivity index is 3.00. The minimum atomic E-state index is -0.652. The van der Waals surface area contributed by atoms with Gasteiger partial charge in [0.2, 0.25) is 0 Å². The molecule has 0 aliphatic carbocycles. The quantitative estimate of drug-likeness (QED) is 0.645.